The van der Waals surface area contributed by atoms with Gasteiger partial charge in [-0.3, -0.25) is 9.36 Å². The minimum absolute atomic E-state index is 0.0511. The molecule has 0 atom stereocenters. The number of halogens is 1. The first kappa shape index (κ1) is 20.6. The summed E-state index contributed by atoms with van der Waals surface area (Å²) >= 11 is 6.12. The van der Waals surface area contributed by atoms with Gasteiger partial charge in [0.2, 0.25) is 0 Å². The van der Waals surface area contributed by atoms with Gasteiger partial charge in [0.1, 0.15) is 5.82 Å². The third-order valence-electron chi connectivity index (χ3n) is 6.19. The van der Waals surface area contributed by atoms with E-state index < -0.39 is 0 Å². The Morgan fingerprint density at radius 2 is 1.85 bits per heavy atom. The molecule has 0 fully saturated rings. The van der Waals surface area contributed by atoms with Crippen LogP contribution in [0, 0.1) is 6.92 Å². The van der Waals surface area contributed by atoms with Gasteiger partial charge < -0.3 is 0 Å². The number of benzene rings is 3. The zero-order valence-electron chi connectivity index (χ0n) is 18.6. The van der Waals surface area contributed by atoms with Crippen molar-refractivity contribution in [3.05, 3.63) is 111 Å². The molecule has 1 aliphatic heterocycles. The SMILES string of the molecule is Cc1cccc(-c2nn(-c3ccccc3)cc2C=C2CCn3c2nc2ccc(Cl)cc2c3=O)c1. The molecule has 0 unspecified atom stereocenters. The van der Waals surface area contributed by atoms with E-state index >= 15 is 0 Å². The summed E-state index contributed by atoms with van der Waals surface area (Å²) in [5.74, 6) is 0.711. The second-order valence-corrected chi connectivity index (χ2v) is 8.99. The Hall–Kier alpha value is -3.96. The van der Waals surface area contributed by atoms with E-state index in [0.29, 0.717) is 28.3 Å². The number of para-hydroxylation sites is 1. The van der Waals surface area contributed by atoms with Crippen LogP contribution in [-0.4, -0.2) is 19.3 Å². The van der Waals surface area contributed by atoms with Gasteiger partial charge in [0.05, 0.1) is 22.3 Å². The van der Waals surface area contributed by atoms with Crippen molar-refractivity contribution in [3.63, 3.8) is 0 Å². The van der Waals surface area contributed by atoms with Crippen molar-refractivity contribution in [2.45, 2.75) is 19.9 Å². The third kappa shape index (κ3) is 3.55. The van der Waals surface area contributed by atoms with Crippen LogP contribution in [0.5, 0.6) is 0 Å². The number of hydrogen-bond donors (Lipinski definition) is 0. The highest BCUT2D eigenvalue weighted by atomic mass is 35.5. The molecule has 0 spiro atoms. The van der Waals surface area contributed by atoms with E-state index in [1.54, 1.807) is 22.8 Å². The fourth-order valence-corrected chi connectivity index (χ4v) is 4.71. The van der Waals surface area contributed by atoms with Crippen molar-refractivity contribution in [2.75, 3.05) is 0 Å². The predicted octanol–water partition coefficient (Wildman–Crippen LogP) is 6.16. The van der Waals surface area contributed by atoms with E-state index in [2.05, 4.69) is 31.2 Å². The molecule has 3 aromatic carbocycles. The topological polar surface area (TPSA) is 52.7 Å². The number of rotatable bonds is 3. The first-order chi connectivity index (χ1) is 16.6. The Balaban J connectivity index is 1.53. The van der Waals surface area contributed by atoms with E-state index in [-0.39, 0.29) is 5.56 Å². The summed E-state index contributed by atoms with van der Waals surface area (Å²) in [7, 11) is 0. The average Bonchev–Trinajstić information content (AvgIpc) is 3.45. The van der Waals surface area contributed by atoms with Gasteiger partial charge in [0, 0.05) is 28.9 Å². The molecule has 0 amide bonds. The Morgan fingerprint density at radius 1 is 1.00 bits per heavy atom. The van der Waals surface area contributed by atoms with E-state index in [0.717, 1.165) is 34.5 Å². The van der Waals surface area contributed by atoms with E-state index in [4.69, 9.17) is 21.7 Å². The number of allylic oxidation sites excluding steroid dienone is 1. The largest absolute Gasteiger partial charge is 0.292 e. The molecule has 1 aliphatic rings. The maximum atomic E-state index is 13.1. The highest BCUT2D eigenvalue weighted by molar-refractivity contribution is 6.31. The zero-order chi connectivity index (χ0) is 23.2. The van der Waals surface area contributed by atoms with Gasteiger partial charge in [-0.2, -0.15) is 5.10 Å². The second-order valence-electron chi connectivity index (χ2n) is 8.56. The van der Waals surface area contributed by atoms with Crippen molar-refractivity contribution in [1.82, 2.24) is 19.3 Å². The van der Waals surface area contributed by atoms with Crippen LogP contribution in [0.25, 0.3) is 39.5 Å². The average molecular weight is 465 g/mol. The van der Waals surface area contributed by atoms with Crippen molar-refractivity contribution in [3.8, 4) is 16.9 Å². The van der Waals surface area contributed by atoms with Gasteiger partial charge in [-0.15, -0.1) is 0 Å². The van der Waals surface area contributed by atoms with Crippen molar-refractivity contribution < 1.29 is 0 Å². The molecule has 34 heavy (non-hydrogen) atoms. The molecule has 2 aromatic heterocycles. The Kier molecular flexibility index (Phi) is 4.93. The summed E-state index contributed by atoms with van der Waals surface area (Å²) in [5, 5.41) is 6.03. The number of aryl methyl sites for hydroxylation is 1. The van der Waals surface area contributed by atoms with Gasteiger partial charge in [-0.05, 0) is 61.4 Å². The van der Waals surface area contributed by atoms with Crippen LogP contribution in [0.4, 0.5) is 0 Å². The van der Waals surface area contributed by atoms with Crippen molar-refractivity contribution in [1.29, 1.82) is 0 Å². The van der Waals surface area contributed by atoms with Crippen LogP contribution in [0.2, 0.25) is 5.02 Å². The molecular formula is C28H21ClN4O. The van der Waals surface area contributed by atoms with Crippen molar-refractivity contribution >= 4 is 34.2 Å². The van der Waals surface area contributed by atoms with Crippen LogP contribution < -0.4 is 5.56 Å². The normalized spacial score (nSPS) is 14.1. The van der Waals surface area contributed by atoms with Gasteiger partial charge in [-0.25, -0.2) is 9.67 Å². The quantitative estimate of drug-likeness (QED) is 0.321. The summed E-state index contributed by atoms with van der Waals surface area (Å²) in [6, 6.07) is 23.7. The molecule has 3 heterocycles. The molecule has 0 aliphatic carbocycles. The summed E-state index contributed by atoms with van der Waals surface area (Å²) in [6.07, 6.45) is 4.90. The van der Waals surface area contributed by atoms with Crippen LogP contribution in [0.3, 0.4) is 0 Å². The van der Waals surface area contributed by atoms with E-state index in [1.807, 2.05) is 47.3 Å². The molecule has 0 N–H and O–H groups in total. The molecular weight excluding hydrogens is 444 g/mol. The molecule has 5 nitrogen and oxygen atoms in total. The van der Waals surface area contributed by atoms with Crippen LogP contribution in [-0.2, 0) is 6.54 Å². The Bertz CT molecular complexity index is 1650. The lowest BCUT2D eigenvalue weighted by Crippen LogP contribution is -2.20. The highest BCUT2D eigenvalue weighted by Crippen LogP contribution is 2.32. The van der Waals surface area contributed by atoms with E-state index in [9.17, 15) is 4.79 Å². The van der Waals surface area contributed by atoms with Crippen LogP contribution >= 0.6 is 11.6 Å². The first-order valence-electron chi connectivity index (χ1n) is 11.2. The maximum Gasteiger partial charge on any atom is 0.261 e. The lowest BCUT2D eigenvalue weighted by Gasteiger charge is -2.06. The highest BCUT2D eigenvalue weighted by Gasteiger charge is 2.22. The smallest absolute Gasteiger partial charge is 0.261 e. The maximum absolute atomic E-state index is 13.1. The number of nitrogens with zero attached hydrogens (tertiary/aromatic N) is 4. The summed E-state index contributed by atoms with van der Waals surface area (Å²) in [6.45, 7) is 2.68. The fraction of sp³-hybridized carbons (Fsp3) is 0.107. The molecule has 0 saturated heterocycles. The standard InChI is InChI=1S/C28H21ClN4O/c1-18-6-5-7-19(14-18)26-21(17-33(31-26)23-8-3-2-4-9-23)15-20-12-13-32-27(20)30-25-11-10-22(29)16-24(25)28(32)34/h2-11,14-17H,12-13H2,1H3. The predicted molar refractivity (Wildman–Crippen MR) is 137 cm³/mol. The molecule has 0 saturated carbocycles. The van der Waals surface area contributed by atoms with Gasteiger partial charge in [0.25, 0.3) is 5.56 Å². The van der Waals surface area contributed by atoms with Gasteiger partial charge in [-0.1, -0.05) is 53.6 Å². The summed E-state index contributed by atoms with van der Waals surface area (Å²) in [5.41, 5.74) is 6.74. The van der Waals surface area contributed by atoms with Gasteiger partial charge in [0.15, 0.2) is 0 Å². The van der Waals surface area contributed by atoms with Crippen LogP contribution in [0.15, 0.2) is 83.8 Å². The fourth-order valence-electron chi connectivity index (χ4n) is 4.54. The van der Waals surface area contributed by atoms with Crippen molar-refractivity contribution in [2.24, 2.45) is 0 Å². The molecule has 166 valence electrons. The number of aromatic nitrogens is 4. The molecule has 0 radical (unpaired) electrons. The molecule has 0 bridgehead atoms. The minimum atomic E-state index is -0.0511. The number of hydrogen-bond acceptors (Lipinski definition) is 3. The first-order valence-corrected chi connectivity index (χ1v) is 11.6. The third-order valence-corrected chi connectivity index (χ3v) is 6.43. The van der Waals surface area contributed by atoms with E-state index in [1.165, 1.54) is 5.56 Å². The Labute approximate surface area is 201 Å². The summed E-state index contributed by atoms with van der Waals surface area (Å²) < 4.78 is 3.65. The summed E-state index contributed by atoms with van der Waals surface area (Å²) in [4.78, 5) is 17.9. The molecule has 5 aromatic rings. The Morgan fingerprint density at radius 3 is 2.68 bits per heavy atom. The van der Waals surface area contributed by atoms with Crippen LogP contribution in [0.1, 0.15) is 23.4 Å². The molecule has 6 rings (SSSR count). The number of fused-ring (bicyclic) bond motifs is 2. The second kappa shape index (κ2) is 8.12. The zero-order valence-corrected chi connectivity index (χ0v) is 19.3. The monoisotopic (exact) mass is 464 g/mol. The molecule has 6 heteroatoms. The minimum Gasteiger partial charge on any atom is -0.292 e. The lowest BCUT2D eigenvalue weighted by atomic mass is 10.0. The van der Waals surface area contributed by atoms with Gasteiger partial charge >= 0.3 is 0 Å². The lowest BCUT2D eigenvalue weighted by molar-refractivity contribution is 0.725.